The molecule has 1 atom stereocenters. The standard InChI is InChI=1S/C22H21N3O2/c23-22(27)20-12-11-19-18(24-14-21(26)25(19)20)13-17(15-7-3-1-4-8-15)16-9-5-2-6-10-16/h1-10,14,17,20H,11-13H2,(H2,23,27). The van der Waals surface area contributed by atoms with Crippen LogP contribution in [0.25, 0.3) is 0 Å². The van der Waals surface area contributed by atoms with E-state index in [4.69, 9.17) is 5.73 Å². The summed E-state index contributed by atoms with van der Waals surface area (Å²) in [5, 5.41) is 0. The van der Waals surface area contributed by atoms with Crippen LogP contribution in [0, 0.1) is 0 Å². The molecule has 1 aliphatic rings. The van der Waals surface area contributed by atoms with Crippen molar-refractivity contribution in [1.29, 1.82) is 0 Å². The second kappa shape index (κ2) is 7.19. The second-order valence-corrected chi connectivity index (χ2v) is 6.89. The fraction of sp³-hybridized carbons (Fsp3) is 0.227. The number of carbonyl (C=O) groups excluding carboxylic acids is 1. The normalized spacial score (nSPS) is 15.7. The van der Waals surface area contributed by atoms with Crippen molar-refractivity contribution in [1.82, 2.24) is 9.55 Å². The molecule has 0 saturated carbocycles. The average Bonchev–Trinajstić information content (AvgIpc) is 3.16. The predicted molar refractivity (Wildman–Crippen MR) is 103 cm³/mol. The third-order valence-electron chi connectivity index (χ3n) is 5.29. The smallest absolute Gasteiger partial charge is 0.269 e. The Morgan fingerprint density at radius 2 is 1.67 bits per heavy atom. The fourth-order valence-electron chi connectivity index (χ4n) is 3.98. The molecule has 136 valence electrons. The number of primary amides is 1. The summed E-state index contributed by atoms with van der Waals surface area (Å²) < 4.78 is 1.54. The largest absolute Gasteiger partial charge is 0.368 e. The molecule has 5 nitrogen and oxygen atoms in total. The third-order valence-corrected chi connectivity index (χ3v) is 5.29. The lowest BCUT2D eigenvalue weighted by Crippen LogP contribution is -2.32. The molecule has 0 radical (unpaired) electrons. The number of amides is 1. The minimum Gasteiger partial charge on any atom is -0.368 e. The molecule has 3 aromatic rings. The zero-order valence-electron chi connectivity index (χ0n) is 14.9. The molecule has 0 aliphatic carbocycles. The fourth-order valence-corrected chi connectivity index (χ4v) is 3.98. The van der Waals surface area contributed by atoms with Gasteiger partial charge in [-0.25, -0.2) is 0 Å². The molecule has 2 heterocycles. The second-order valence-electron chi connectivity index (χ2n) is 6.89. The number of aromatic nitrogens is 2. The van der Waals surface area contributed by atoms with Gasteiger partial charge in [-0.05, 0) is 24.0 Å². The van der Waals surface area contributed by atoms with Gasteiger partial charge in [0.25, 0.3) is 5.56 Å². The third kappa shape index (κ3) is 3.28. The Labute approximate surface area is 157 Å². The van der Waals surface area contributed by atoms with Gasteiger partial charge in [-0.3, -0.25) is 19.1 Å². The molecule has 1 aliphatic heterocycles. The first-order valence-corrected chi connectivity index (χ1v) is 9.13. The van der Waals surface area contributed by atoms with Crippen LogP contribution in [-0.4, -0.2) is 15.5 Å². The maximum atomic E-state index is 12.3. The van der Waals surface area contributed by atoms with Crippen LogP contribution in [0.2, 0.25) is 0 Å². The summed E-state index contributed by atoms with van der Waals surface area (Å²) in [6.07, 6.45) is 3.18. The molecule has 5 heteroatoms. The summed E-state index contributed by atoms with van der Waals surface area (Å²) in [6.45, 7) is 0. The van der Waals surface area contributed by atoms with Gasteiger partial charge in [0.15, 0.2) is 0 Å². The van der Waals surface area contributed by atoms with Crippen molar-refractivity contribution in [2.45, 2.75) is 31.2 Å². The van der Waals surface area contributed by atoms with E-state index in [2.05, 4.69) is 29.2 Å². The first-order valence-electron chi connectivity index (χ1n) is 9.13. The van der Waals surface area contributed by atoms with E-state index in [1.807, 2.05) is 36.4 Å². The van der Waals surface area contributed by atoms with Gasteiger partial charge in [0.1, 0.15) is 6.04 Å². The predicted octanol–water partition coefficient (Wildman–Crippen LogP) is 2.59. The molecule has 2 aromatic carbocycles. The molecule has 1 unspecified atom stereocenters. The summed E-state index contributed by atoms with van der Waals surface area (Å²) in [6, 6.07) is 20.0. The number of nitrogens with two attached hydrogens (primary N) is 1. The Morgan fingerprint density at radius 3 is 2.22 bits per heavy atom. The summed E-state index contributed by atoms with van der Waals surface area (Å²) in [4.78, 5) is 28.5. The van der Waals surface area contributed by atoms with Gasteiger partial charge < -0.3 is 5.73 Å². The summed E-state index contributed by atoms with van der Waals surface area (Å²) in [5.41, 5.74) is 9.32. The van der Waals surface area contributed by atoms with Crippen LogP contribution in [-0.2, 0) is 17.6 Å². The van der Waals surface area contributed by atoms with Crippen molar-refractivity contribution in [2.75, 3.05) is 0 Å². The number of carbonyl (C=O) groups is 1. The van der Waals surface area contributed by atoms with Crippen LogP contribution in [0.1, 0.15) is 40.9 Å². The molecule has 0 saturated heterocycles. The quantitative estimate of drug-likeness (QED) is 0.760. The van der Waals surface area contributed by atoms with E-state index < -0.39 is 11.9 Å². The van der Waals surface area contributed by atoms with Crippen molar-refractivity contribution in [3.8, 4) is 0 Å². The molecule has 1 aromatic heterocycles. The maximum Gasteiger partial charge on any atom is 0.269 e. The van der Waals surface area contributed by atoms with Crippen molar-refractivity contribution in [2.24, 2.45) is 5.73 Å². The van der Waals surface area contributed by atoms with E-state index in [1.54, 1.807) is 0 Å². The summed E-state index contributed by atoms with van der Waals surface area (Å²) in [7, 11) is 0. The van der Waals surface area contributed by atoms with Crippen molar-refractivity contribution in [3.05, 3.63) is 99.7 Å². The highest BCUT2D eigenvalue weighted by Crippen LogP contribution is 2.31. The first-order chi connectivity index (χ1) is 13.1. The lowest BCUT2D eigenvalue weighted by atomic mass is 9.87. The SMILES string of the molecule is NC(=O)C1CCc2c(CC(c3ccccc3)c3ccccc3)ncc(=O)n21. The molecule has 1 amide bonds. The van der Waals surface area contributed by atoms with E-state index in [-0.39, 0.29) is 11.5 Å². The minimum atomic E-state index is -0.568. The number of rotatable bonds is 5. The van der Waals surface area contributed by atoms with Gasteiger partial charge in [0.05, 0.1) is 11.9 Å². The monoisotopic (exact) mass is 359 g/mol. The van der Waals surface area contributed by atoms with Gasteiger partial charge >= 0.3 is 0 Å². The van der Waals surface area contributed by atoms with E-state index >= 15 is 0 Å². The highest BCUT2D eigenvalue weighted by atomic mass is 16.2. The Morgan fingerprint density at radius 1 is 1.07 bits per heavy atom. The Hall–Kier alpha value is -3.21. The van der Waals surface area contributed by atoms with Gasteiger partial charge in [-0.2, -0.15) is 0 Å². The Balaban J connectivity index is 1.77. The van der Waals surface area contributed by atoms with Crippen molar-refractivity contribution < 1.29 is 4.79 Å². The lowest BCUT2D eigenvalue weighted by molar-refractivity contribution is -0.121. The number of hydrogen-bond acceptors (Lipinski definition) is 3. The number of hydrogen-bond donors (Lipinski definition) is 1. The van der Waals surface area contributed by atoms with Crippen LogP contribution < -0.4 is 11.3 Å². The molecular weight excluding hydrogens is 338 g/mol. The summed E-state index contributed by atoms with van der Waals surface area (Å²) >= 11 is 0. The number of fused-ring (bicyclic) bond motifs is 1. The molecule has 0 bridgehead atoms. The highest BCUT2D eigenvalue weighted by Gasteiger charge is 2.30. The molecule has 4 rings (SSSR count). The van der Waals surface area contributed by atoms with Gasteiger partial charge in [-0.15, -0.1) is 0 Å². The molecule has 27 heavy (non-hydrogen) atoms. The highest BCUT2D eigenvalue weighted by molar-refractivity contribution is 5.79. The van der Waals surface area contributed by atoms with E-state index in [0.29, 0.717) is 19.3 Å². The van der Waals surface area contributed by atoms with Crippen LogP contribution in [0.5, 0.6) is 0 Å². The van der Waals surface area contributed by atoms with Crippen LogP contribution in [0.3, 0.4) is 0 Å². The van der Waals surface area contributed by atoms with Gasteiger partial charge in [0, 0.05) is 18.0 Å². The minimum absolute atomic E-state index is 0.120. The molecule has 0 spiro atoms. The Kier molecular flexibility index (Phi) is 4.59. The first kappa shape index (κ1) is 17.2. The van der Waals surface area contributed by atoms with E-state index in [1.165, 1.54) is 21.9 Å². The van der Waals surface area contributed by atoms with E-state index in [0.717, 1.165) is 11.4 Å². The Bertz CT molecular complexity index is 973. The number of nitrogens with zero attached hydrogens (tertiary/aromatic N) is 2. The van der Waals surface area contributed by atoms with Crippen LogP contribution in [0.15, 0.2) is 71.7 Å². The molecule has 2 N–H and O–H groups in total. The molecular formula is C22H21N3O2. The van der Waals surface area contributed by atoms with Gasteiger partial charge in [-0.1, -0.05) is 60.7 Å². The van der Waals surface area contributed by atoms with Gasteiger partial charge in [0.2, 0.25) is 5.91 Å². The van der Waals surface area contributed by atoms with Crippen molar-refractivity contribution >= 4 is 5.91 Å². The lowest BCUT2D eigenvalue weighted by Gasteiger charge is -2.20. The summed E-state index contributed by atoms with van der Waals surface area (Å²) in [5.74, 6) is -0.342. The zero-order chi connectivity index (χ0) is 18.8. The van der Waals surface area contributed by atoms with E-state index in [9.17, 15) is 9.59 Å². The van der Waals surface area contributed by atoms with Crippen molar-refractivity contribution in [3.63, 3.8) is 0 Å². The average molecular weight is 359 g/mol. The zero-order valence-corrected chi connectivity index (χ0v) is 14.9. The maximum absolute atomic E-state index is 12.3. The van der Waals surface area contributed by atoms with Crippen LogP contribution in [0.4, 0.5) is 0 Å². The number of benzene rings is 2. The topological polar surface area (TPSA) is 78.0 Å². The van der Waals surface area contributed by atoms with Crippen LogP contribution >= 0.6 is 0 Å². The molecule has 0 fully saturated rings.